The summed E-state index contributed by atoms with van der Waals surface area (Å²) in [4.78, 5) is 0. The predicted molar refractivity (Wildman–Crippen MR) is 81.6 cm³/mol. The van der Waals surface area contributed by atoms with E-state index in [2.05, 4.69) is 20.7 Å². The highest BCUT2D eigenvalue weighted by Crippen LogP contribution is 2.36. The largest absolute Gasteiger partial charge is 0.573 e. The van der Waals surface area contributed by atoms with E-state index in [0.717, 1.165) is 25.7 Å². The van der Waals surface area contributed by atoms with Gasteiger partial charge in [-0.2, -0.15) is 0 Å². The van der Waals surface area contributed by atoms with Crippen molar-refractivity contribution in [3.05, 3.63) is 28.2 Å². The second-order valence-corrected chi connectivity index (χ2v) is 6.11. The Balaban J connectivity index is 0.00000220. The minimum absolute atomic E-state index is 0. The predicted octanol–water partition coefficient (Wildman–Crippen LogP) is 5.35. The number of halogens is 5. The van der Waals surface area contributed by atoms with Crippen molar-refractivity contribution in [2.75, 3.05) is 0 Å². The van der Waals surface area contributed by atoms with Crippen LogP contribution in [-0.4, -0.2) is 6.36 Å². The van der Waals surface area contributed by atoms with E-state index in [1.54, 1.807) is 6.07 Å². The maximum absolute atomic E-state index is 12.3. The van der Waals surface area contributed by atoms with Crippen LogP contribution in [0.4, 0.5) is 13.2 Å². The van der Waals surface area contributed by atoms with Crippen LogP contribution >= 0.6 is 28.3 Å². The molecular weight excluding hydrogens is 371 g/mol. The van der Waals surface area contributed by atoms with Crippen LogP contribution in [0.5, 0.6) is 5.75 Å². The van der Waals surface area contributed by atoms with E-state index < -0.39 is 6.36 Å². The molecule has 1 saturated carbocycles. The molecule has 120 valence electrons. The standard InChI is InChI=1S/C14H17BrF3NO.ClH/c15-11-6-10(7-12(8-11)20-14(16,17)18)13(19)9-4-2-1-3-5-9;/h6-9,13H,1-5,19H2;1H/t13-;/m0./s1. The Bertz CT molecular complexity index is 464. The molecule has 0 spiro atoms. The van der Waals surface area contributed by atoms with Gasteiger partial charge in [0.1, 0.15) is 5.75 Å². The van der Waals surface area contributed by atoms with Crippen LogP contribution in [0.2, 0.25) is 0 Å². The van der Waals surface area contributed by atoms with Gasteiger partial charge in [0, 0.05) is 10.5 Å². The molecule has 2 rings (SSSR count). The molecule has 1 aliphatic rings. The lowest BCUT2D eigenvalue weighted by atomic mass is 9.81. The molecule has 0 heterocycles. The van der Waals surface area contributed by atoms with Crippen LogP contribution in [0.3, 0.4) is 0 Å². The fourth-order valence-electron chi connectivity index (χ4n) is 2.73. The van der Waals surface area contributed by atoms with Gasteiger partial charge in [-0.05, 0) is 42.5 Å². The van der Waals surface area contributed by atoms with Gasteiger partial charge in [0.2, 0.25) is 0 Å². The first-order valence-corrected chi connectivity index (χ1v) is 7.46. The number of hydrogen-bond acceptors (Lipinski definition) is 2. The highest BCUT2D eigenvalue weighted by atomic mass is 79.9. The topological polar surface area (TPSA) is 35.2 Å². The van der Waals surface area contributed by atoms with Gasteiger partial charge in [-0.25, -0.2) is 0 Å². The molecular formula is C14H18BrClF3NO. The van der Waals surface area contributed by atoms with Crippen LogP contribution in [0.15, 0.2) is 22.7 Å². The maximum Gasteiger partial charge on any atom is 0.573 e. The summed E-state index contributed by atoms with van der Waals surface area (Å²) in [6.07, 6.45) is 0.861. The molecule has 1 aromatic rings. The van der Waals surface area contributed by atoms with Crippen LogP contribution in [0.25, 0.3) is 0 Å². The number of rotatable bonds is 3. The van der Waals surface area contributed by atoms with Crippen molar-refractivity contribution in [1.29, 1.82) is 0 Å². The van der Waals surface area contributed by atoms with Gasteiger partial charge < -0.3 is 10.5 Å². The van der Waals surface area contributed by atoms with Gasteiger partial charge in [-0.3, -0.25) is 0 Å². The van der Waals surface area contributed by atoms with E-state index >= 15 is 0 Å². The highest BCUT2D eigenvalue weighted by molar-refractivity contribution is 9.10. The first-order chi connectivity index (χ1) is 9.35. The summed E-state index contributed by atoms with van der Waals surface area (Å²) in [5.74, 6) is 0.102. The molecule has 21 heavy (non-hydrogen) atoms. The summed E-state index contributed by atoms with van der Waals surface area (Å²) in [6, 6.07) is 4.20. The number of nitrogens with two attached hydrogens (primary N) is 1. The summed E-state index contributed by atoms with van der Waals surface area (Å²) >= 11 is 3.21. The smallest absolute Gasteiger partial charge is 0.406 e. The quantitative estimate of drug-likeness (QED) is 0.757. The lowest BCUT2D eigenvalue weighted by Gasteiger charge is -2.28. The zero-order chi connectivity index (χ0) is 14.8. The molecule has 0 bridgehead atoms. The molecule has 1 aliphatic carbocycles. The Hall–Kier alpha value is -0.460. The zero-order valence-corrected chi connectivity index (χ0v) is 13.7. The molecule has 0 amide bonds. The molecule has 1 fully saturated rings. The third-order valence-electron chi connectivity index (χ3n) is 3.67. The second kappa shape index (κ2) is 7.70. The summed E-state index contributed by atoms with van der Waals surface area (Å²) in [5, 5.41) is 0. The van der Waals surface area contributed by atoms with Crippen molar-refractivity contribution in [3.63, 3.8) is 0 Å². The lowest BCUT2D eigenvalue weighted by molar-refractivity contribution is -0.274. The summed E-state index contributed by atoms with van der Waals surface area (Å²) in [6.45, 7) is 0. The molecule has 1 aromatic carbocycles. The highest BCUT2D eigenvalue weighted by Gasteiger charge is 2.31. The Morgan fingerprint density at radius 2 is 1.76 bits per heavy atom. The van der Waals surface area contributed by atoms with Crippen LogP contribution in [0, 0.1) is 5.92 Å². The van der Waals surface area contributed by atoms with Crippen molar-refractivity contribution in [2.45, 2.75) is 44.5 Å². The Morgan fingerprint density at radius 1 is 1.14 bits per heavy atom. The van der Waals surface area contributed by atoms with Crippen molar-refractivity contribution < 1.29 is 17.9 Å². The van der Waals surface area contributed by atoms with Gasteiger partial charge in [0.25, 0.3) is 0 Å². The molecule has 0 saturated heterocycles. The number of hydrogen-bond donors (Lipinski definition) is 1. The molecule has 2 N–H and O–H groups in total. The number of alkyl halides is 3. The molecule has 2 nitrogen and oxygen atoms in total. The van der Waals surface area contributed by atoms with Gasteiger partial charge >= 0.3 is 6.36 Å². The van der Waals surface area contributed by atoms with E-state index in [4.69, 9.17) is 5.73 Å². The fraction of sp³-hybridized carbons (Fsp3) is 0.571. The number of benzene rings is 1. The SMILES string of the molecule is Cl.N[C@H](c1cc(Br)cc(OC(F)(F)F)c1)C1CCCCC1. The molecule has 0 unspecified atom stereocenters. The summed E-state index contributed by atoms with van der Waals surface area (Å²) in [5.41, 5.74) is 6.90. The minimum atomic E-state index is -4.69. The Labute approximate surface area is 136 Å². The van der Waals surface area contributed by atoms with Crippen molar-refractivity contribution in [1.82, 2.24) is 0 Å². The van der Waals surface area contributed by atoms with Gasteiger partial charge in [-0.15, -0.1) is 25.6 Å². The van der Waals surface area contributed by atoms with Crippen molar-refractivity contribution in [3.8, 4) is 5.75 Å². The van der Waals surface area contributed by atoms with Gasteiger partial charge in [0.05, 0.1) is 0 Å². The van der Waals surface area contributed by atoms with Gasteiger partial charge in [0.15, 0.2) is 0 Å². The maximum atomic E-state index is 12.3. The normalized spacial score (nSPS) is 18.0. The van der Waals surface area contributed by atoms with Crippen LogP contribution < -0.4 is 10.5 Å². The molecule has 7 heteroatoms. The fourth-order valence-corrected chi connectivity index (χ4v) is 3.22. The summed E-state index contributed by atoms with van der Waals surface area (Å²) < 4.78 is 41.4. The molecule has 0 aromatic heterocycles. The van der Waals surface area contributed by atoms with E-state index in [0.29, 0.717) is 16.0 Å². The average Bonchev–Trinajstić information content (AvgIpc) is 2.36. The van der Waals surface area contributed by atoms with Crippen LogP contribution in [0.1, 0.15) is 43.7 Å². The van der Waals surface area contributed by atoms with E-state index in [9.17, 15) is 13.2 Å². The third-order valence-corrected chi connectivity index (χ3v) is 4.13. The lowest BCUT2D eigenvalue weighted by Crippen LogP contribution is -2.24. The monoisotopic (exact) mass is 387 g/mol. The number of ether oxygens (including phenoxy) is 1. The van der Waals surface area contributed by atoms with Crippen LogP contribution in [-0.2, 0) is 0 Å². The summed E-state index contributed by atoms with van der Waals surface area (Å²) in [7, 11) is 0. The van der Waals surface area contributed by atoms with E-state index in [1.165, 1.54) is 18.6 Å². The molecule has 1 atom stereocenters. The Morgan fingerprint density at radius 3 is 2.33 bits per heavy atom. The molecule has 0 radical (unpaired) electrons. The van der Waals surface area contributed by atoms with Gasteiger partial charge in [-0.1, -0.05) is 35.2 Å². The third kappa shape index (κ3) is 5.68. The zero-order valence-electron chi connectivity index (χ0n) is 11.3. The van der Waals surface area contributed by atoms with E-state index in [1.807, 2.05) is 0 Å². The van der Waals surface area contributed by atoms with Crippen molar-refractivity contribution in [2.24, 2.45) is 11.7 Å². The van der Waals surface area contributed by atoms with Crippen molar-refractivity contribution >= 4 is 28.3 Å². The van der Waals surface area contributed by atoms with E-state index in [-0.39, 0.29) is 24.2 Å². The average molecular weight is 389 g/mol. The first-order valence-electron chi connectivity index (χ1n) is 6.67. The minimum Gasteiger partial charge on any atom is -0.406 e. The first kappa shape index (κ1) is 18.6. The molecule has 0 aliphatic heterocycles. The second-order valence-electron chi connectivity index (χ2n) is 5.19. The Kier molecular flexibility index (Phi) is 6.81.